The molecule has 1 saturated heterocycles. The number of carbonyl (C=O) groups excluding carboxylic acids is 1. The maximum absolute atomic E-state index is 13.0. The van der Waals surface area contributed by atoms with Crippen LogP contribution in [0.25, 0.3) is 0 Å². The molecule has 0 saturated carbocycles. The van der Waals surface area contributed by atoms with Gasteiger partial charge in [0.2, 0.25) is 5.95 Å². The highest BCUT2D eigenvalue weighted by Gasteiger charge is 2.22. The fourth-order valence-electron chi connectivity index (χ4n) is 3.95. The van der Waals surface area contributed by atoms with E-state index >= 15 is 0 Å². The van der Waals surface area contributed by atoms with E-state index in [4.69, 9.17) is 37.4 Å². The second-order valence-corrected chi connectivity index (χ2v) is 9.31. The van der Waals surface area contributed by atoms with Crippen LogP contribution in [0, 0.1) is 0 Å². The van der Waals surface area contributed by atoms with E-state index in [9.17, 15) is 4.79 Å². The summed E-state index contributed by atoms with van der Waals surface area (Å²) in [5.74, 6) is 2.09. The van der Waals surface area contributed by atoms with E-state index in [1.807, 2.05) is 24.3 Å². The molecular weight excluding hydrogens is 531 g/mol. The fraction of sp³-hybridized carbons (Fsp3) is 0.346. The zero-order valence-corrected chi connectivity index (χ0v) is 23.0. The first-order valence-electron chi connectivity index (χ1n) is 12.1. The third kappa shape index (κ3) is 6.69. The summed E-state index contributed by atoms with van der Waals surface area (Å²) >= 11 is 12.8. The van der Waals surface area contributed by atoms with Crippen molar-refractivity contribution in [2.24, 2.45) is 0 Å². The standard InChI is InChI=1S/C26H30Cl2N6O4/c1-33(26(35)32-24-22(27)19(36-2)16-20(37-3)23(24)28)21-10-11-29-25(31-21)30-17-6-8-18(9-7-17)38-15-14-34-12-4-5-13-34/h6-11,16H,4-5,12-15H2,1-3H3,(H,32,35)(H,29,30,31). The Morgan fingerprint density at radius 2 is 1.71 bits per heavy atom. The van der Waals surface area contributed by atoms with Crippen LogP contribution in [0.4, 0.5) is 27.9 Å². The zero-order valence-electron chi connectivity index (χ0n) is 21.5. The minimum absolute atomic E-state index is 0.147. The number of hydrogen-bond donors (Lipinski definition) is 2. The van der Waals surface area contributed by atoms with E-state index in [1.165, 1.54) is 32.0 Å². The van der Waals surface area contributed by atoms with Crippen molar-refractivity contribution in [1.82, 2.24) is 14.9 Å². The van der Waals surface area contributed by atoms with Crippen LogP contribution in [0.15, 0.2) is 42.6 Å². The largest absolute Gasteiger partial charge is 0.495 e. The van der Waals surface area contributed by atoms with Gasteiger partial charge in [-0.15, -0.1) is 0 Å². The summed E-state index contributed by atoms with van der Waals surface area (Å²) < 4.78 is 16.4. The van der Waals surface area contributed by atoms with E-state index in [1.54, 1.807) is 25.4 Å². The number of hydrogen-bond acceptors (Lipinski definition) is 8. The predicted octanol–water partition coefficient (Wildman–Crippen LogP) is 5.69. The minimum atomic E-state index is -0.524. The normalized spacial score (nSPS) is 13.2. The first kappa shape index (κ1) is 27.6. The number of likely N-dealkylation sites (tertiary alicyclic amines) is 1. The molecule has 12 heteroatoms. The molecule has 0 aliphatic carbocycles. The zero-order chi connectivity index (χ0) is 27.1. The van der Waals surface area contributed by atoms with Crippen LogP contribution in [0.2, 0.25) is 10.0 Å². The van der Waals surface area contributed by atoms with Crippen LogP contribution in [-0.4, -0.2) is 68.4 Å². The molecule has 0 spiro atoms. The molecule has 0 bridgehead atoms. The summed E-state index contributed by atoms with van der Waals surface area (Å²) in [7, 11) is 4.48. The van der Waals surface area contributed by atoms with Gasteiger partial charge in [0.1, 0.15) is 39.7 Å². The monoisotopic (exact) mass is 560 g/mol. The van der Waals surface area contributed by atoms with Gasteiger partial charge in [-0.2, -0.15) is 4.98 Å². The molecule has 1 aromatic heterocycles. The van der Waals surface area contributed by atoms with Gasteiger partial charge in [0.05, 0.1) is 19.9 Å². The molecule has 2 amide bonds. The summed E-state index contributed by atoms with van der Waals surface area (Å²) in [6, 6.07) is 10.2. The molecule has 1 aliphatic rings. The summed E-state index contributed by atoms with van der Waals surface area (Å²) in [5, 5.41) is 6.14. The molecule has 1 aliphatic heterocycles. The molecule has 10 nitrogen and oxygen atoms in total. The van der Waals surface area contributed by atoms with Gasteiger partial charge in [-0.05, 0) is 56.3 Å². The Bertz CT molecular complexity index is 1230. The second kappa shape index (κ2) is 12.9. The highest BCUT2D eigenvalue weighted by atomic mass is 35.5. The number of ether oxygens (including phenoxy) is 3. The van der Waals surface area contributed by atoms with Gasteiger partial charge in [0, 0.05) is 31.5 Å². The maximum Gasteiger partial charge on any atom is 0.327 e. The Hall–Kier alpha value is -3.47. The van der Waals surface area contributed by atoms with Gasteiger partial charge in [-0.25, -0.2) is 9.78 Å². The number of methoxy groups -OCH3 is 2. The topological polar surface area (TPSA) is 101 Å². The predicted molar refractivity (Wildman–Crippen MR) is 150 cm³/mol. The van der Waals surface area contributed by atoms with Crippen molar-refractivity contribution in [1.29, 1.82) is 0 Å². The van der Waals surface area contributed by atoms with Crippen LogP contribution in [-0.2, 0) is 0 Å². The number of benzene rings is 2. The Morgan fingerprint density at radius 1 is 1.05 bits per heavy atom. The van der Waals surface area contributed by atoms with Gasteiger partial charge < -0.3 is 24.8 Å². The molecular formula is C26H30Cl2N6O4. The van der Waals surface area contributed by atoms with Crippen molar-refractivity contribution in [3.05, 3.63) is 52.6 Å². The van der Waals surface area contributed by atoms with E-state index < -0.39 is 6.03 Å². The van der Waals surface area contributed by atoms with Gasteiger partial charge in [0.15, 0.2) is 0 Å². The van der Waals surface area contributed by atoms with Gasteiger partial charge >= 0.3 is 6.03 Å². The summed E-state index contributed by atoms with van der Waals surface area (Å²) in [6.07, 6.45) is 4.09. The molecule has 0 radical (unpaired) electrons. The molecule has 0 unspecified atom stereocenters. The van der Waals surface area contributed by atoms with E-state index in [0.29, 0.717) is 29.9 Å². The third-order valence-electron chi connectivity index (χ3n) is 6.08. The Balaban J connectivity index is 1.38. The molecule has 4 rings (SSSR count). The quantitative estimate of drug-likeness (QED) is 0.326. The molecule has 1 fully saturated rings. The Morgan fingerprint density at radius 3 is 2.34 bits per heavy atom. The molecule has 38 heavy (non-hydrogen) atoms. The van der Waals surface area contributed by atoms with Crippen LogP contribution < -0.4 is 29.7 Å². The lowest BCUT2D eigenvalue weighted by molar-refractivity contribution is 0.238. The smallest absolute Gasteiger partial charge is 0.327 e. The number of halogens is 2. The van der Waals surface area contributed by atoms with Crippen molar-refractivity contribution >= 4 is 52.4 Å². The number of nitrogens with zero attached hydrogens (tertiary/aromatic N) is 4. The number of carbonyl (C=O) groups is 1. The molecule has 2 N–H and O–H groups in total. The summed E-state index contributed by atoms with van der Waals surface area (Å²) in [5.41, 5.74) is 0.944. The number of urea groups is 1. The summed E-state index contributed by atoms with van der Waals surface area (Å²) in [4.78, 5) is 25.4. The van der Waals surface area contributed by atoms with Gasteiger partial charge in [-0.3, -0.25) is 9.80 Å². The Kier molecular flexibility index (Phi) is 9.33. The van der Waals surface area contributed by atoms with E-state index in [0.717, 1.165) is 31.1 Å². The first-order chi connectivity index (χ1) is 18.4. The fourth-order valence-corrected chi connectivity index (χ4v) is 4.54. The van der Waals surface area contributed by atoms with Crippen molar-refractivity contribution in [3.63, 3.8) is 0 Å². The third-order valence-corrected chi connectivity index (χ3v) is 6.83. The van der Waals surface area contributed by atoms with Crippen LogP contribution in [0.3, 0.4) is 0 Å². The van der Waals surface area contributed by atoms with Crippen LogP contribution in [0.1, 0.15) is 12.8 Å². The van der Waals surface area contributed by atoms with Crippen molar-refractivity contribution in [3.8, 4) is 17.2 Å². The lowest BCUT2D eigenvalue weighted by Gasteiger charge is -2.20. The lowest BCUT2D eigenvalue weighted by atomic mass is 10.2. The molecule has 3 aromatic rings. The first-order valence-corrected chi connectivity index (χ1v) is 12.8. The second-order valence-electron chi connectivity index (χ2n) is 8.56. The number of rotatable bonds is 10. The highest BCUT2D eigenvalue weighted by Crippen LogP contribution is 2.44. The van der Waals surface area contributed by atoms with E-state index in [2.05, 4.69) is 25.5 Å². The van der Waals surface area contributed by atoms with E-state index in [-0.39, 0.29) is 15.7 Å². The average Bonchev–Trinajstić information content (AvgIpc) is 3.45. The number of amides is 2. The van der Waals surface area contributed by atoms with Crippen LogP contribution in [0.5, 0.6) is 17.2 Å². The van der Waals surface area contributed by atoms with Gasteiger partial charge in [-0.1, -0.05) is 23.2 Å². The number of aromatic nitrogens is 2. The van der Waals surface area contributed by atoms with Gasteiger partial charge in [0.25, 0.3) is 0 Å². The molecule has 0 atom stereocenters. The highest BCUT2D eigenvalue weighted by molar-refractivity contribution is 6.41. The van der Waals surface area contributed by atoms with Crippen molar-refractivity contribution < 1.29 is 19.0 Å². The van der Waals surface area contributed by atoms with Crippen LogP contribution >= 0.6 is 23.2 Å². The number of nitrogens with one attached hydrogen (secondary N) is 2. The minimum Gasteiger partial charge on any atom is -0.495 e. The lowest BCUT2D eigenvalue weighted by Crippen LogP contribution is -2.32. The number of anilines is 4. The van der Waals surface area contributed by atoms with Crippen molar-refractivity contribution in [2.75, 3.05) is 63.0 Å². The summed E-state index contributed by atoms with van der Waals surface area (Å²) in [6.45, 7) is 3.90. The molecule has 202 valence electrons. The maximum atomic E-state index is 13.0. The molecule has 2 aromatic carbocycles. The van der Waals surface area contributed by atoms with Crippen molar-refractivity contribution in [2.45, 2.75) is 12.8 Å². The molecule has 2 heterocycles. The Labute approximate surface area is 231 Å². The average molecular weight is 561 g/mol. The SMILES string of the molecule is COc1cc(OC)c(Cl)c(NC(=O)N(C)c2ccnc(Nc3ccc(OCCN4CCCC4)cc3)n2)c1Cl.